The van der Waals surface area contributed by atoms with Gasteiger partial charge in [-0.25, -0.2) is 0 Å². The molecule has 3 N–H and O–H groups in total. The molecule has 0 heterocycles. The summed E-state index contributed by atoms with van der Waals surface area (Å²) in [6, 6.07) is 0. The van der Waals surface area contributed by atoms with Crippen LogP contribution < -0.4 is 0 Å². The van der Waals surface area contributed by atoms with E-state index in [0.29, 0.717) is 0 Å². The minimum atomic E-state index is -1.08. The molecule has 0 bridgehead atoms. The summed E-state index contributed by atoms with van der Waals surface area (Å²) >= 11 is 2.56. The van der Waals surface area contributed by atoms with Gasteiger partial charge in [0.25, 0.3) is 0 Å². The second-order valence-corrected chi connectivity index (χ2v) is 0.715. The fraction of sp³-hybridized carbons (Fsp3) is 0. The molecule has 0 aromatic carbocycles. The van der Waals surface area contributed by atoms with Crippen LogP contribution >= 0.6 is 0 Å². The maximum absolute atomic E-state index is 8.89. The van der Waals surface area contributed by atoms with Gasteiger partial charge in [-0.1, -0.05) is 0 Å². The quantitative estimate of drug-likeness (QED) is 0.432. The average Bonchev–Trinajstić information content (AvgIpc) is 0.811. The first-order chi connectivity index (χ1) is 1.73. The van der Waals surface area contributed by atoms with Crippen LogP contribution in [0.2, 0.25) is 0 Å². The fourth-order valence-corrected chi connectivity index (χ4v) is 0. The molecular weight excluding hydrogens is 116 g/mol. The number of hydrogen-bond donors (Lipinski definition) is 1. The van der Waals surface area contributed by atoms with E-state index in [1.807, 2.05) is 0 Å². The third-order valence-electron chi connectivity index (χ3n) is 0. The molecule has 0 unspecified atom stereocenters. The Balaban J connectivity index is 0. The van der Waals surface area contributed by atoms with Crippen LogP contribution in [-0.2, 0) is 16.0 Å². The van der Waals surface area contributed by atoms with E-state index < -0.39 is 4.87 Å². The molecule has 5 heavy (non-hydrogen) atoms. The van der Waals surface area contributed by atoms with Crippen LogP contribution in [0.3, 0.4) is 0 Å². The van der Waals surface area contributed by atoms with E-state index in [-0.39, 0.29) is 5.48 Å². The van der Waals surface area contributed by atoms with Crippen molar-refractivity contribution in [1.29, 1.82) is 0 Å². The Morgan fingerprint density at radius 3 is 1.80 bits per heavy atom. The standard InChI is InChI=1S/CHO2.Fe.H2O/c2-1-3;;/h(H,2,3);;1H2. The Morgan fingerprint density at radius 1 is 1.80 bits per heavy atom. The SMILES string of the molecule is O.O=[C](O)[Fe]. The van der Waals surface area contributed by atoms with Crippen LogP contribution in [0.5, 0.6) is 0 Å². The van der Waals surface area contributed by atoms with Gasteiger partial charge in [-0.15, -0.1) is 0 Å². The predicted octanol–water partition coefficient (Wildman–Crippen LogP) is -0.613. The normalized spacial score (nSPS) is 5.00. The Kier molecular flexibility index (Phi) is 7.01. The first kappa shape index (κ1) is 8.87. The van der Waals surface area contributed by atoms with Gasteiger partial charge in [0, 0.05) is 0 Å². The third kappa shape index (κ3) is 5880. The Morgan fingerprint density at radius 2 is 1.80 bits per heavy atom. The van der Waals surface area contributed by atoms with Gasteiger partial charge < -0.3 is 5.48 Å². The van der Waals surface area contributed by atoms with Crippen LogP contribution in [0.1, 0.15) is 0 Å². The molecule has 0 aliphatic heterocycles. The van der Waals surface area contributed by atoms with Crippen molar-refractivity contribution >= 4 is 4.87 Å². The van der Waals surface area contributed by atoms with Crippen molar-refractivity contribution in [3.63, 3.8) is 0 Å². The summed E-state index contributed by atoms with van der Waals surface area (Å²) in [6.07, 6.45) is 0. The van der Waals surface area contributed by atoms with E-state index >= 15 is 0 Å². The molecule has 3 nitrogen and oxygen atoms in total. The molecule has 0 aliphatic rings. The molecular formula is CH3FeO3. The summed E-state index contributed by atoms with van der Waals surface area (Å²) in [7, 11) is 0. The molecule has 0 radical (unpaired) electrons. The van der Waals surface area contributed by atoms with Crippen LogP contribution in [-0.4, -0.2) is 15.5 Å². The van der Waals surface area contributed by atoms with E-state index in [1.165, 1.54) is 0 Å². The van der Waals surface area contributed by atoms with Gasteiger partial charge in [0.05, 0.1) is 0 Å². The predicted molar refractivity (Wildman–Crippen MR) is 11.6 cm³/mol. The van der Waals surface area contributed by atoms with E-state index in [0.717, 1.165) is 0 Å². The molecule has 0 amide bonds. The molecule has 0 rings (SSSR count). The number of rotatable bonds is 0. The summed E-state index contributed by atoms with van der Waals surface area (Å²) in [6.45, 7) is 0. The molecule has 0 aromatic rings. The number of carbonyl (C=O) groups is 1. The molecule has 33 valence electrons. The Labute approximate surface area is 37.1 Å². The molecule has 0 aliphatic carbocycles. The Hall–Kier alpha value is -0.0505. The van der Waals surface area contributed by atoms with Crippen LogP contribution in [0.15, 0.2) is 0 Å². The monoisotopic (exact) mass is 119 g/mol. The van der Waals surface area contributed by atoms with Gasteiger partial charge in [0.1, 0.15) is 0 Å². The van der Waals surface area contributed by atoms with Gasteiger partial charge >= 0.3 is 30.8 Å². The van der Waals surface area contributed by atoms with Crippen LogP contribution in [0, 0.1) is 0 Å². The van der Waals surface area contributed by atoms with Crippen molar-refractivity contribution in [3.05, 3.63) is 0 Å². The third-order valence-corrected chi connectivity index (χ3v) is 0. The van der Waals surface area contributed by atoms with Crippen molar-refractivity contribution in [2.45, 2.75) is 0 Å². The minimum absolute atomic E-state index is 0. The first-order valence-electron chi connectivity index (χ1n) is 0.605. The topological polar surface area (TPSA) is 68.8 Å². The van der Waals surface area contributed by atoms with Gasteiger partial charge in [-0.2, -0.15) is 0 Å². The van der Waals surface area contributed by atoms with Gasteiger partial charge in [-0.3, -0.25) is 0 Å². The van der Waals surface area contributed by atoms with Crippen LogP contribution in [0.25, 0.3) is 0 Å². The van der Waals surface area contributed by atoms with Crippen molar-refractivity contribution < 1.29 is 31.4 Å². The summed E-state index contributed by atoms with van der Waals surface area (Å²) in [5.41, 5.74) is 0. The average molecular weight is 119 g/mol. The zero-order valence-electron chi connectivity index (χ0n) is 2.21. The van der Waals surface area contributed by atoms with E-state index in [1.54, 1.807) is 0 Å². The molecule has 0 spiro atoms. The summed E-state index contributed by atoms with van der Waals surface area (Å²) in [5.74, 6) is 0. The van der Waals surface area contributed by atoms with E-state index in [9.17, 15) is 0 Å². The van der Waals surface area contributed by atoms with E-state index in [4.69, 9.17) is 9.90 Å². The summed E-state index contributed by atoms with van der Waals surface area (Å²) in [5, 5.41) is 7.31. The zero-order chi connectivity index (χ0) is 3.58. The van der Waals surface area contributed by atoms with Crippen LogP contribution in [0.4, 0.5) is 4.79 Å². The summed E-state index contributed by atoms with van der Waals surface area (Å²) < 4.78 is 0. The van der Waals surface area contributed by atoms with Crippen molar-refractivity contribution in [3.8, 4) is 0 Å². The van der Waals surface area contributed by atoms with Crippen molar-refractivity contribution in [1.82, 2.24) is 0 Å². The summed E-state index contributed by atoms with van der Waals surface area (Å²) in [4.78, 5) is 7.81. The van der Waals surface area contributed by atoms with Gasteiger partial charge in [-0.05, 0) is 0 Å². The van der Waals surface area contributed by atoms with Crippen molar-refractivity contribution in [2.24, 2.45) is 0 Å². The maximum atomic E-state index is 8.89. The molecule has 0 fully saturated rings. The molecule has 0 aromatic heterocycles. The Bertz CT molecular complexity index is 29.9. The fourth-order valence-electron chi connectivity index (χ4n) is 0. The first-order valence-corrected chi connectivity index (χ1v) is 1.16. The number of carboxylic acid groups (broad SMARTS) is 1. The number of hydrogen-bond acceptors (Lipinski definition) is 1. The zero-order valence-corrected chi connectivity index (χ0v) is 3.31. The van der Waals surface area contributed by atoms with Gasteiger partial charge in [0.2, 0.25) is 0 Å². The molecule has 0 saturated carbocycles. The molecule has 4 heteroatoms. The molecule has 0 saturated heterocycles. The second-order valence-electron chi connectivity index (χ2n) is 0.243. The second kappa shape index (κ2) is 3.95. The van der Waals surface area contributed by atoms with E-state index in [2.05, 4.69) is 16.0 Å². The van der Waals surface area contributed by atoms with Gasteiger partial charge in [0.15, 0.2) is 0 Å². The van der Waals surface area contributed by atoms with Crippen molar-refractivity contribution in [2.75, 3.05) is 0 Å². The molecule has 0 atom stereocenters.